The van der Waals surface area contributed by atoms with Gasteiger partial charge in [-0.3, -0.25) is 14.2 Å². The zero-order valence-corrected chi connectivity index (χ0v) is 15.2. The number of carbonyl (C=O) groups excluding carboxylic acids is 1. The van der Waals surface area contributed by atoms with Crippen LogP contribution in [0.25, 0.3) is 5.69 Å². The molecule has 1 amide bonds. The molecule has 0 aliphatic heterocycles. The van der Waals surface area contributed by atoms with Crippen LogP contribution in [0.15, 0.2) is 70.7 Å². The van der Waals surface area contributed by atoms with Gasteiger partial charge in [-0.1, -0.05) is 36.0 Å². The van der Waals surface area contributed by atoms with Crippen LogP contribution >= 0.6 is 11.8 Å². The van der Waals surface area contributed by atoms with Crippen LogP contribution in [-0.2, 0) is 4.79 Å². The van der Waals surface area contributed by atoms with E-state index in [1.54, 1.807) is 30.3 Å². The zero-order valence-electron chi connectivity index (χ0n) is 14.4. The van der Waals surface area contributed by atoms with Gasteiger partial charge in [-0.15, -0.1) is 0 Å². The fourth-order valence-corrected chi connectivity index (χ4v) is 3.09. The SMILES string of the molecule is COc1ccccc1-n1ccnc(SCC(=O)Nc2ccccc2F)c1=O. The lowest BCUT2D eigenvalue weighted by Crippen LogP contribution is -2.22. The molecule has 0 unspecified atom stereocenters. The molecule has 0 spiro atoms. The van der Waals surface area contributed by atoms with Crippen LogP contribution in [0.1, 0.15) is 0 Å². The summed E-state index contributed by atoms with van der Waals surface area (Å²) in [5, 5.41) is 2.63. The minimum atomic E-state index is -0.521. The molecule has 0 aliphatic rings. The normalized spacial score (nSPS) is 10.4. The molecule has 27 heavy (non-hydrogen) atoms. The van der Waals surface area contributed by atoms with E-state index in [0.29, 0.717) is 11.4 Å². The second kappa shape index (κ2) is 8.50. The van der Waals surface area contributed by atoms with Gasteiger partial charge in [0, 0.05) is 12.4 Å². The quantitative estimate of drug-likeness (QED) is 0.660. The van der Waals surface area contributed by atoms with E-state index in [4.69, 9.17) is 4.74 Å². The van der Waals surface area contributed by atoms with Gasteiger partial charge in [0.15, 0.2) is 5.03 Å². The van der Waals surface area contributed by atoms with Crippen LogP contribution in [0.4, 0.5) is 10.1 Å². The Morgan fingerprint density at radius 1 is 1.22 bits per heavy atom. The first-order valence-electron chi connectivity index (χ1n) is 7.98. The van der Waals surface area contributed by atoms with Crippen LogP contribution in [0.3, 0.4) is 0 Å². The van der Waals surface area contributed by atoms with Gasteiger partial charge in [-0.05, 0) is 24.3 Å². The van der Waals surface area contributed by atoms with E-state index in [1.165, 1.54) is 42.3 Å². The number of aromatic nitrogens is 2. The lowest BCUT2D eigenvalue weighted by Gasteiger charge is -2.11. The number of halogens is 1. The molecule has 0 aliphatic carbocycles. The largest absolute Gasteiger partial charge is 0.495 e. The smallest absolute Gasteiger partial charge is 0.287 e. The summed E-state index contributed by atoms with van der Waals surface area (Å²) in [6, 6.07) is 13.0. The number of carbonyl (C=O) groups is 1. The first kappa shape index (κ1) is 18.7. The Balaban J connectivity index is 1.76. The van der Waals surface area contributed by atoms with Crippen molar-refractivity contribution in [3.05, 3.63) is 77.1 Å². The second-order valence-electron chi connectivity index (χ2n) is 5.40. The highest BCUT2D eigenvalue weighted by Crippen LogP contribution is 2.21. The van der Waals surface area contributed by atoms with Gasteiger partial charge in [0.25, 0.3) is 5.56 Å². The van der Waals surface area contributed by atoms with Crippen molar-refractivity contribution in [3.63, 3.8) is 0 Å². The average molecular weight is 385 g/mol. The Morgan fingerprint density at radius 2 is 1.96 bits per heavy atom. The van der Waals surface area contributed by atoms with Crippen molar-refractivity contribution in [2.45, 2.75) is 5.03 Å². The predicted molar refractivity (Wildman–Crippen MR) is 102 cm³/mol. The Morgan fingerprint density at radius 3 is 2.74 bits per heavy atom. The molecule has 0 bridgehead atoms. The third kappa shape index (κ3) is 4.35. The van der Waals surface area contributed by atoms with Crippen LogP contribution in [0, 0.1) is 5.82 Å². The van der Waals surface area contributed by atoms with Crippen molar-refractivity contribution >= 4 is 23.4 Å². The third-order valence-corrected chi connectivity index (χ3v) is 4.60. The number of nitrogens with one attached hydrogen (secondary N) is 1. The van der Waals surface area contributed by atoms with E-state index < -0.39 is 11.7 Å². The molecule has 6 nitrogen and oxygen atoms in total. The highest BCUT2D eigenvalue weighted by Gasteiger charge is 2.13. The number of rotatable bonds is 6. The maximum Gasteiger partial charge on any atom is 0.287 e. The molecule has 0 fully saturated rings. The number of hydrogen-bond donors (Lipinski definition) is 1. The Hall–Kier alpha value is -3.13. The Labute approximate surface area is 159 Å². The number of ether oxygens (including phenoxy) is 1. The van der Waals surface area contributed by atoms with Crippen LogP contribution in [0.5, 0.6) is 5.75 Å². The van der Waals surface area contributed by atoms with E-state index >= 15 is 0 Å². The van der Waals surface area contributed by atoms with Crippen molar-refractivity contribution in [1.82, 2.24) is 9.55 Å². The Bertz CT molecular complexity index is 1020. The highest BCUT2D eigenvalue weighted by atomic mass is 32.2. The molecule has 1 aromatic heterocycles. The molecule has 0 saturated carbocycles. The number of benzene rings is 2. The van der Waals surface area contributed by atoms with Gasteiger partial charge in [0.2, 0.25) is 5.91 Å². The van der Waals surface area contributed by atoms with Gasteiger partial charge in [-0.2, -0.15) is 0 Å². The number of anilines is 1. The maximum absolute atomic E-state index is 13.6. The summed E-state index contributed by atoms with van der Waals surface area (Å²) in [5.41, 5.74) is 0.298. The van der Waals surface area contributed by atoms with E-state index in [9.17, 15) is 14.0 Å². The number of thioether (sulfide) groups is 1. The highest BCUT2D eigenvalue weighted by molar-refractivity contribution is 7.99. The molecular formula is C19H16FN3O3S. The molecule has 0 atom stereocenters. The minimum Gasteiger partial charge on any atom is -0.495 e. The molecule has 1 N–H and O–H groups in total. The fraction of sp³-hybridized carbons (Fsp3) is 0.105. The number of hydrogen-bond acceptors (Lipinski definition) is 5. The van der Waals surface area contributed by atoms with Crippen molar-refractivity contribution in [2.75, 3.05) is 18.2 Å². The molecule has 2 aromatic carbocycles. The summed E-state index contributed by atoms with van der Waals surface area (Å²) in [4.78, 5) is 28.8. The van der Waals surface area contributed by atoms with Crippen molar-refractivity contribution in [2.24, 2.45) is 0 Å². The van der Waals surface area contributed by atoms with E-state index in [2.05, 4.69) is 10.3 Å². The summed E-state index contributed by atoms with van der Waals surface area (Å²) in [6.07, 6.45) is 3.01. The molecule has 1 heterocycles. The lowest BCUT2D eigenvalue weighted by atomic mass is 10.3. The molecule has 3 aromatic rings. The number of nitrogens with zero attached hydrogens (tertiary/aromatic N) is 2. The number of methoxy groups -OCH3 is 1. The summed E-state index contributed by atoms with van der Waals surface area (Å²) < 4.78 is 20.3. The number of amides is 1. The molecular weight excluding hydrogens is 369 g/mol. The molecule has 3 rings (SSSR count). The summed E-state index contributed by atoms with van der Waals surface area (Å²) in [7, 11) is 1.52. The second-order valence-corrected chi connectivity index (χ2v) is 6.36. The monoisotopic (exact) mass is 385 g/mol. The van der Waals surface area contributed by atoms with E-state index in [0.717, 1.165) is 11.8 Å². The molecule has 0 saturated heterocycles. The van der Waals surface area contributed by atoms with Gasteiger partial charge < -0.3 is 10.1 Å². The first-order valence-corrected chi connectivity index (χ1v) is 8.97. The van der Waals surface area contributed by atoms with E-state index in [1.807, 2.05) is 0 Å². The molecule has 0 radical (unpaired) electrons. The van der Waals surface area contributed by atoms with Gasteiger partial charge in [-0.25, -0.2) is 9.37 Å². The average Bonchev–Trinajstić information content (AvgIpc) is 2.69. The summed E-state index contributed by atoms with van der Waals surface area (Å²) >= 11 is 0.983. The summed E-state index contributed by atoms with van der Waals surface area (Å²) in [6.45, 7) is 0. The van der Waals surface area contributed by atoms with Crippen molar-refractivity contribution in [3.8, 4) is 11.4 Å². The molecule has 138 valence electrons. The maximum atomic E-state index is 13.6. The first-order chi connectivity index (χ1) is 13.1. The van der Waals surface area contributed by atoms with Crippen LogP contribution in [-0.4, -0.2) is 28.3 Å². The van der Waals surface area contributed by atoms with E-state index in [-0.39, 0.29) is 22.0 Å². The lowest BCUT2D eigenvalue weighted by molar-refractivity contribution is -0.113. The third-order valence-electron chi connectivity index (χ3n) is 3.64. The predicted octanol–water partition coefficient (Wildman–Crippen LogP) is 3.11. The fourth-order valence-electron chi connectivity index (χ4n) is 2.39. The zero-order chi connectivity index (χ0) is 19.2. The number of para-hydroxylation sites is 3. The van der Waals surface area contributed by atoms with Crippen LogP contribution < -0.4 is 15.6 Å². The van der Waals surface area contributed by atoms with Gasteiger partial charge >= 0.3 is 0 Å². The van der Waals surface area contributed by atoms with Crippen molar-refractivity contribution in [1.29, 1.82) is 0 Å². The summed E-state index contributed by atoms with van der Waals surface area (Å²) in [5.74, 6) is -0.489. The van der Waals surface area contributed by atoms with Crippen LogP contribution in [0.2, 0.25) is 0 Å². The van der Waals surface area contributed by atoms with Gasteiger partial charge in [0.05, 0.1) is 24.2 Å². The minimum absolute atomic E-state index is 0.0769. The Kier molecular flexibility index (Phi) is 5.87. The topological polar surface area (TPSA) is 73.2 Å². The standard InChI is InChI=1S/C19H16FN3O3S/c1-26-16-9-5-4-8-15(16)23-11-10-21-18(19(23)25)27-12-17(24)22-14-7-3-2-6-13(14)20/h2-11H,12H2,1H3,(H,22,24). The van der Waals surface area contributed by atoms with Crippen molar-refractivity contribution < 1.29 is 13.9 Å². The molecule has 8 heteroatoms. The van der Waals surface area contributed by atoms with Gasteiger partial charge in [0.1, 0.15) is 11.6 Å².